The van der Waals surface area contributed by atoms with Gasteiger partial charge in [-0.1, -0.05) is 18.2 Å². The number of thiocarbonyl (C=S) groups is 1. The molecule has 0 heterocycles. The Bertz CT molecular complexity index is 552. The van der Waals surface area contributed by atoms with E-state index in [2.05, 4.69) is 21.1 Å². The molecule has 20 heavy (non-hydrogen) atoms. The van der Waals surface area contributed by atoms with Gasteiger partial charge in [0.25, 0.3) is 0 Å². The summed E-state index contributed by atoms with van der Waals surface area (Å²) in [5, 5.41) is 3.64. The fourth-order valence-electron chi connectivity index (χ4n) is 1.66. The minimum Gasteiger partial charge on any atom is -0.378 e. The molecule has 0 aliphatic carbocycles. The quantitative estimate of drug-likeness (QED) is 0.595. The third-order valence-corrected chi connectivity index (χ3v) is 2.94. The highest BCUT2D eigenvalue weighted by molar-refractivity contribution is 7.80. The van der Waals surface area contributed by atoms with Crippen LogP contribution in [0.15, 0.2) is 54.6 Å². The van der Waals surface area contributed by atoms with E-state index in [1.165, 1.54) is 0 Å². The maximum Gasteiger partial charge on any atom is 0.189 e. The molecule has 0 aliphatic rings. The van der Waals surface area contributed by atoms with Crippen molar-refractivity contribution in [1.82, 2.24) is 5.43 Å². The number of nitrogens with one attached hydrogen (secondary N) is 3. The third-order valence-electron chi connectivity index (χ3n) is 2.74. The Morgan fingerprint density at radius 3 is 2.15 bits per heavy atom. The van der Waals surface area contributed by atoms with E-state index in [4.69, 9.17) is 12.2 Å². The largest absolute Gasteiger partial charge is 0.378 e. The molecule has 2 rings (SSSR count). The molecule has 0 aromatic heterocycles. The van der Waals surface area contributed by atoms with Crippen LogP contribution in [0.5, 0.6) is 0 Å². The Labute approximate surface area is 124 Å². The zero-order valence-corrected chi connectivity index (χ0v) is 12.4. The second-order valence-corrected chi connectivity index (χ2v) is 4.92. The molecule has 0 radical (unpaired) electrons. The monoisotopic (exact) mass is 286 g/mol. The van der Waals surface area contributed by atoms with Crippen LogP contribution >= 0.6 is 12.2 Å². The molecule has 0 saturated carbocycles. The number of hydrogen-bond donors (Lipinski definition) is 3. The lowest BCUT2D eigenvalue weighted by molar-refractivity contribution is 1.13. The van der Waals surface area contributed by atoms with Crippen LogP contribution in [-0.2, 0) is 0 Å². The lowest BCUT2D eigenvalue weighted by Crippen LogP contribution is -2.33. The lowest BCUT2D eigenvalue weighted by atomic mass is 10.2. The highest BCUT2D eigenvalue weighted by Gasteiger charge is 1.99. The van der Waals surface area contributed by atoms with Crippen molar-refractivity contribution in [2.45, 2.75) is 0 Å². The van der Waals surface area contributed by atoms with Crippen LogP contribution in [0, 0.1) is 0 Å². The van der Waals surface area contributed by atoms with Crippen molar-refractivity contribution in [2.75, 3.05) is 29.7 Å². The Hall–Kier alpha value is -2.27. The van der Waals surface area contributed by atoms with Crippen molar-refractivity contribution in [3.8, 4) is 0 Å². The average Bonchev–Trinajstić information content (AvgIpc) is 2.47. The molecule has 0 aliphatic heterocycles. The van der Waals surface area contributed by atoms with Gasteiger partial charge in [0.1, 0.15) is 0 Å². The summed E-state index contributed by atoms with van der Waals surface area (Å²) in [5.41, 5.74) is 9.03. The van der Waals surface area contributed by atoms with E-state index < -0.39 is 0 Å². The minimum atomic E-state index is 0.520. The summed E-state index contributed by atoms with van der Waals surface area (Å²) in [5.74, 6) is 0. The van der Waals surface area contributed by atoms with Gasteiger partial charge in [0.05, 0.1) is 5.69 Å². The topological polar surface area (TPSA) is 39.3 Å². The van der Waals surface area contributed by atoms with Crippen molar-refractivity contribution >= 4 is 34.4 Å². The van der Waals surface area contributed by atoms with Crippen molar-refractivity contribution < 1.29 is 0 Å². The summed E-state index contributed by atoms with van der Waals surface area (Å²) < 4.78 is 0. The summed E-state index contributed by atoms with van der Waals surface area (Å²) in [4.78, 5) is 2.05. The maximum atomic E-state index is 5.22. The Balaban J connectivity index is 1.85. The van der Waals surface area contributed by atoms with Gasteiger partial charge < -0.3 is 10.2 Å². The third kappa shape index (κ3) is 4.13. The summed E-state index contributed by atoms with van der Waals surface area (Å²) in [7, 11) is 4.02. The van der Waals surface area contributed by atoms with Crippen molar-refractivity contribution in [3.05, 3.63) is 54.6 Å². The molecule has 0 fully saturated rings. The van der Waals surface area contributed by atoms with E-state index >= 15 is 0 Å². The van der Waals surface area contributed by atoms with Crippen LogP contribution in [0.1, 0.15) is 0 Å². The number of rotatable bonds is 4. The van der Waals surface area contributed by atoms with Gasteiger partial charge in [-0.2, -0.15) is 0 Å². The van der Waals surface area contributed by atoms with Gasteiger partial charge in [0.15, 0.2) is 5.11 Å². The molecule has 0 bridgehead atoms. The van der Waals surface area contributed by atoms with E-state index in [0.717, 1.165) is 17.1 Å². The number of anilines is 3. The van der Waals surface area contributed by atoms with Crippen molar-refractivity contribution in [1.29, 1.82) is 0 Å². The van der Waals surface area contributed by atoms with Gasteiger partial charge in [0, 0.05) is 25.5 Å². The minimum absolute atomic E-state index is 0.520. The maximum absolute atomic E-state index is 5.22. The van der Waals surface area contributed by atoms with Gasteiger partial charge >= 0.3 is 0 Å². The first-order valence-corrected chi connectivity index (χ1v) is 6.71. The first-order valence-electron chi connectivity index (χ1n) is 6.30. The van der Waals surface area contributed by atoms with E-state index in [0.29, 0.717) is 5.11 Å². The molecule has 0 atom stereocenters. The number of hydrazine groups is 1. The summed E-state index contributed by atoms with van der Waals surface area (Å²) in [6.45, 7) is 0. The van der Waals surface area contributed by atoms with Gasteiger partial charge in [-0.25, -0.2) is 0 Å². The fourth-order valence-corrected chi connectivity index (χ4v) is 1.82. The van der Waals surface area contributed by atoms with Crippen LogP contribution in [0.4, 0.5) is 17.1 Å². The van der Waals surface area contributed by atoms with E-state index in [1.807, 2.05) is 68.7 Å². The van der Waals surface area contributed by atoms with Crippen LogP contribution in [0.3, 0.4) is 0 Å². The summed E-state index contributed by atoms with van der Waals surface area (Å²) in [6, 6.07) is 17.9. The smallest absolute Gasteiger partial charge is 0.189 e. The van der Waals surface area contributed by atoms with Crippen LogP contribution in [0.2, 0.25) is 0 Å². The molecule has 2 aromatic rings. The summed E-state index contributed by atoms with van der Waals surface area (Å²) >= 11 is 5.22. The molecular weight excluding hydrogens is 268 g/mol. The summed E-state index contributed by atoms with van der Waals surface area (Å²) in [6.07, 6.45) is 0. The first-order chi connectivity index (χ1) is 9.65. The fraction of sp³-hybridized carbons (Fsp3) is 0.133. The van der Waals surface area contributed by atoms with Gasteiger partial charge in [-0.15, -0.1) is 0 Å². The molecule has 3 N–H and O–H groups in total. The first kappa shape index (κ1) is 14.1. The number of nitrogens with zero attached hydrogens (tertiary/aromatic N) is 1. The molecule has 104 valence electrons. The van der Waals surface area contributed by atoms with Gasteiger partial charge in [-0.05, 0) is 48.6 Å². The van der Waals surface area contributed by atoms with Crippen LogP contribution in [-0.4, -0.2) is 19.2 Å². The van der Waals surface area contributed by atoms with E-state index in [9.17, 15) is 0 Å². The normalized spacial score (nSPS) is 9.70. The van der Waals surface area contributed by atoms with Crippen LogP contribution < -0.4 is 21.1 Å². The molecule has 4 nitrogen and oxygen atoms in total. The highest BCUT2D eigenvalue weighted by Crippen LogP contribution is 2.15. The lowest BCUT2D eigenvalue weighted by Gasteiger charge is -2.15. The molecule has 5 heteroatoms. The van der Waals surface area contributed by atoms with Crippen LogP contribution in [0.25, 0.3) is 0 Å². The standard InChI is InChI=1S/C15H18N4S/c1-19(2)14-10-8-12(9-11-14)16-15(20)18-17-13-6-4-3-5-7-13/h3-11,17H,1-2H3,(H2,16,18,20). The van der Waals surface area contributed by atoms with Gasteiger partial charge in [0.2, 0.25) is 0 Å². The van der Waals surface area contributed by atoms with E-state index in [1.54, 1.807) is 0 Å². The van der Waals surface area contributed by atoms with Crippen molar-refractivity contribution in [2.24, 2.45) is 0 Å². The number of para-hydroxylation sites is 1. The SMILES string of the molecule is CN(C)c1ccc(NC(=S)NNc2ccccc2)cc1. The molecule has 0 saturated heterocycles. The number of hydrogen-bond acceptors (Lipinski definition) is 3. The highest BCUT2D eigenvalue weighted by atomic mass is 32.1. The Morgan fingerprint density at radius 2 is 1.55 bits per heavy atom. The van der Waals surface area contributed by atoms with E-state index in [-0.39, 0.29) is 0 Å². The van der Waals surface area contributed by atoms with Crippen molar-refractivity contribution in [3.63, 3.8) is 0 Å². The predicted molar refractivity (Wildman–Crippen MR) is 90.2 cm³/mol. The molecule has 0 unspecified atom stereocenters. The zero-order valence-electron chi connectivity index (χ0n) is 11.6. The Morgan fingerprint density at radius 1 is 0.900 bits per heavy atom. The second kappa shape index (κ2) is 6.77. The van der Waals surface area contributed by atoms with Gasteiger partial charge in [-0.3, -0.25) is 10.9 Å². The molecular formula is C15H18N4S. The molecule has 2 aromatic carbocycles. The number of benzene rings is 2. The zero-order chi connectivity index (χ0) is 14.4. The second-order valence-electron chi connectivity index (χ2n) is 4.51. The predicted octanol–water partition coefficient (Wildman–Crippen LogP) is 3.07. The molecule has 0 spiro atoms. The average molecular weight is 286 g/mol. The Kier molecular flexibility index (Phi) is 4.79. The molecule has 0 amide bonds.